The molecule has 1 saturated carbocycles. The van der Waals surface area contributed by atoms with Crippen molar-refractivity contribution in [3.8, 4) is 0 Å². The van der Waals surface area contributed by atoms with Crippen LogP contribution in [0.1, 0.15) is 34.5 Å². The van der Waals surface area contributed by atoms with Crippen molar-refractivity contribution >= 4 is 50.5 Å². The molecule has 2 aliphatic rings. The normalized spacial score (nSPS) is 19.5. The van der Waals surface area contributed by atoms with Crippen molar-refractivity contribution < 1.29 is 9.59 Å². The topological polar surface area (TPSA) is 52.6 Å². The fraction of sp³-hybridized carbons (Fsp3) is 0.385. The zero-order valence-corrected chi connectivity index (χ0v) is 20.5. The molecule has 3 aromatic rings. The zero-order valence-electron chi connectivity index (χ0n) is 18.9. The number of anilines is 1. The number of rotatable bonds is 7. The van der Waals surface area contributed by atoms with Crippen molar-refractivity contribution in [1.82, 2.24) is 10.2 Å². The van der Waals surface area contributed by atoms with E-state index in [2.05, 4.69) is 48.6 Å². The summed E-state index contributed by atoms with van der Waals surface area (Å²) in [5, 5.41) is 4.66. The van der Waals surface area contributed by atoms with Crippen LogP contribution in [0.5, 0.6) is 0 Å². The molecule has 0 radical (unpaired) electrons. The number of hydrogen-bond acceptors (Lipinski definition) is 4. The molecule has 0 bridgehead atoms. The first-order chi connectivity index (χ1) is 15.8. The van der Waals surface area contributed by atoms with E-state index in [1.54, 1.807) is 0 Å². The van der Waals surface area contributed by atoms with Crippen LogP contribution < -0.4 is 10.2 Å². The van der Waals surface area contributed by atoms with E-state index in [-0.39, 0.29) is 23.1 Å². The molecule has 2 aromatic carbocycles. The highest BCUT2D eigenvalue weighted by Gasteiger charge is 2.44. The van der Waals surface area contributed by atoms with Crippen LogP contribution in [-0.2, 0) is 10.2 Å². The molecule has 5 nitrogen and oxygen atoms in total. The quantitative estimate of drug-likeness (QED) is 0.520. The van der Waals surface area contributed by atoms with Crippen molar-refractivity contribution in [3.05, 3.63) is 64.0 Å². The van der Waals surface area contributed by atoms with Gasteiger partial charge in [0.15, 0.2) is 0 Å². The molecular weight excluding hydrogens is 454 g/mol. The molecule has 2 amide bonds. The molecular formula is C26H28ClN3O2S. The molecule has 1 aliphatic heterocycles. The maximum atomic E-state index is 12.7. The Morgan fingerprint density at radius 3 is 2.64 bits per heavy atom. The smallest absolute Gasteiger partial charge is 0.261 e. The van der Waals surface area contributed by atoms with Gasteiger partial charge in [0.05, 0.1) is 4.88 Å². The Bertz CT molecular complexity index is 1200. The van der Waals surface area contributed by atoms with E-state index in [0.717, 1.165) is 22.3 Å². The van der Waals surface area contributed by atoms with E-state index in [9.17, 15) is 9.59 Å². The van der Waals surface area contributed by atoms with Gasteiger partial charge in [-0.05, 0) is 74.3 Å². The third-order valence-electron chi connectivity index (χ3n) is 6.72. The van der Waals surface area contributed by atoms with Crippen molar-refractivity contribution in [2.45, 2.75) is 24.7 Å². The van der Waals surface area contributed by atoms with Crippen LogP contribution in [-0.4, -0.2) is 50.4 Å². The van der Waals surface area contributed by atoms with Gasteiger partial charge in [0, 0.05) is 52.8 Å². The van der Waals surface area contributed by atoms with Gasteiger partial charge in [-0.2, -0.15) is 0 Å². The molecule has 1 N–H and O–H groups in total. The number of nitrogens with zero attached hydrogens (tertiary/aromatic N) is 2. The van der Waals surface area contributed by atoms with Gasteiger partial charge in [0.2, 0.25) is 5.91 Å². The number of benzene rings is 2. The molecule has 0 spiro atoms. The number of amides is 2. The molecule has 1 aromatic heterocycles. The first kappa shape index (κ1) is 22.4. The largest absolute Gasteiger partial charge is 0.351 e. The number of halogens is 1. The van der Waals surface area contributed by atoms with E-state index < -0.39 is 0 Å². The molecule has 1 saturated heterocycles. The summed E-state index contributed by atoms with van der Waals surface area (Å²) in [7, 11) is 4.24. The molecule has 1 unspecified atom stereocenters. The van der Waals surface area contributed by atoms with Gasteiger partial charge in [0.25, 0.3) is 5.91 Å². The minimum Gasteiger partial charge on any atom is -0.351 e. The second-order valence-electron chi connectivity index (χ2n) is 9.64. The van der Waals surface area contributed by atoms with Gasteiger partial charge < -0.3 is 15.1 Å². The summed E-state index contributed by atoms with van der Waals surface area (Å²) < 4.78 is 1.04. The Hall–Kier alpha value is -2.41. The Labute approximate surface area is 203 Å². The predicted molar refractivity (Wildman–Crippen MR) is 136 cm³/mol. The third-order valence-corrected chi connectivity index (χ3v) is 8.07. The lowest BCUT2D eigenvalue weighted by Crippen LogP contribution is -2.31. The molecule has 1 atom stereocenters. The molecule has 2 heterocycles. The second kappa shape index (κ2) is 8.75. The lowest BCUT2D eigenvalue weighted by Gasteiger charge is -2.22. The summed E-state index contributed by atoms with van der Waals surface area (Å²) in [6, 6.07) is 16.0. The first-order valence-electron chi connectivity index (χ1n) is 11.4. The summed E-state index contributed by atoms with van der Waals surface area (Å²) in [6.07, 6.45) is 2.90. The monoisotopic (exact) mass is 481 g/mol. The van der Waals surface area contributed by atoms with Crippen LogP contribution in [0, 0.1) is 5.92 Å². The van der Waals surface area contributed by atoms with Gasteiger partial charge in [-0.3, -0.25) is 9.59 Å². The number of carbonyl (C=O) groups is 2. The highest BCUT2D eigenvalue weighted by molar-refractivity contribution is 7.20. The van der Waals surface area contributed by atoms with E-state index in [1.807, 2.05) is 29.2 Å². The van der Waals surface area contributed by atoms with Gasteiger partial charge in [-0.1, -0.05) is 23.7 Å². The third kappa shape index (κ3) is 4.65. The van der Waals surface area contributed by atoms with Gasteiger partial charge in [0.1, 0.15) is 0 Å². The average molecular weight is 482 g/mol. The first-order valence-corrected chi connectivity index (χ1v) is 12.6. The summed E-state index contributed by atoms with van der Waals surface area (Å²) >= 11 is 7.51. The van der Waals surface area contributed by atoms with Crippen molar-refractivity contribution in [2.24, 2.45) is 5.92 Å². The SMILES string of the molecule is CN(C)CC1(c2ccc(N3CC(CNC(=O)c4cc5cc(Cl)ccc5s4)CC3=O)cc2)CC1. The van der Waals surface area contributed by atoms with Crippen LogP contribution in [0.25, 0.3) is 10.1 Å². The van der Waals surface area contributed by atoms with Crippen LogP contribution in [0.15, 0.2) is 48.5 Å². The zero-order chi connectivity index (χ0) is 23.2. The van der Waals surface area contributed by atoms with Gasteiger partial charge >= 0.3 is 0 Å². The van der Waals surface area contributed by atoms with Crippen LogP contribution in [0.4, 0.5) is 5.69 Å². The Morgan fingerprint density at radius 1 is 1.18 bits per heavy atom. The lowest BCUT2D eigenvalue weighted by molar-refractivity contribution is -0.117. The van der Waals surface area contributed by atoms with Crippen LogP contribution in [0.2, 0.25) is 5.02 Å². The molecule has 172 valence electrons. The standard InChI is InChI=1S/C26H28ClN3O2S/c1-29(2)16-26(9-10-26)19-3-6-21(7-4-19)30-15-17(11-24(30)31)14-28-25(32)23-13-18-12-20(27)5-8-22(18)33-23/h3-8,12-13,17H,9-11,14-16H2,1-2H3,(H,28,32). The van der Waals surface area contributed by atoms with E-state index in [0.29, 0.717) is 29.4 Å². The van der Waals surface area contributed by atoms with Crippen LogP contribution in [0.3, 0.4) is 0 Å². The number of carbonyl (C=O) groups excluding carboxylic acids is 2. The minimum atomic E-state index is -0.0989. The molecule has 7 heteroatoms. The number of fused-ring (bicyclic) bond motifs is 1. The number of hydrogen-bond donors (Lipinski definition) is 1. The Morgan fingerprint density at radius 2 is 1.94 bits per heavy atom. The van der Waals surface area contributed by atoms with Gasteiger partial charge in [-0.15, -0.1) is 11.3 Å². The molecule has 1 aliphatic carbocycles. The lowest BCUT2D eigenvalue weighted by atomic mass is 9.95. The van der Waals surface area contributed by atoms with Gasteiger partial charge in [-0.25, -0.2) is 0 Å². The Kier molecular flexibility index (Phi) is 5.93. The average Bonchev–Trinajstić information content (AvgIpc) is 3.27. The Balaban J connectivity index is 1.19. The maximum absolute atomic E-state index is 12.7. The summed E-state index contributed by atoms with van der Waals surface area (Å²) in [4.78, 5) is 30.1. The van der Waals surface area contributed by atoms with E-state index >= 15 is 0 Å². The molecule has 5 rings (SSSR count). The molecule has 33 heavy (non-hydrogen) atoms. The predicted octanol–water partition coefficient (Wildman–Crippen LogP) is 4.93. The van der Waals surface area contributed by atoms with Crippen LogP contribution >= 0.6 is 22.9 Å². The number of likely N-dealkylation sites (N-methyl/N-ethyl adjacent to an activating group) is 1. The summed E-state index contributed by atoms with van der Waals surface area (Å²) in [5.41, 5.74) is 2.58. The van der Waals surface area contributed by atoms with Crippen molar-refractivity contribution in [3.63, 3.8) is 0 Å². The minimum absolute atomic E-state index is 0.0989. The molecule has 2 fully saturated rings. The van der Waals surface area contributed by atoms with Crippen molar-refractivity contribution in [1.29, 1.82) is 0 Å². The highest BCUT2D eigenvalue weighted by atomic mass is 35.5. The van der Waals surface area contributed by atoms with E-state index in [4.69, 9.17) is 11.6 Å². The maximum Gasteiger partial charge on any atom is 0.261 e. The van der Waals surface area contributed by atoms with E-state index in [1.165, 1.54) is 29.7 Å². The second-order valence-corrected chi connectivity index (χ2v) is 11.2. The number of nitrogens with one attached hydrogen (secondary N) is 1. The highest BCUT2D eigenvalue weighted by Crippen LogP contribution is 2.48. The summed E-state index contributed by atoms with van der Waals surface area (Å²) in [6.45, 7) is 2.17. The summed E-state index contributed by atoms with van der Waals surface area (Å²) in [5.74, 6) is 0.125. The van der Waals surface area contributed by atoms with Crippen molar-refractivity contribution in [2.75, 3.05) is 38.6 Å². The number of thiophene rings is 1. The fourth-order valence-electron chi connectivity index (χ4n) is 4.91. The fourth-order valence-corrected chi connectivity index (χ4v) is 6.05.